The highest BCUT2D eigenvalue weighted by molar-refractivity contribution is 5.72. The van der Waals surface area contributed by atoms with Crippen molar-refractivity contribution >= 4 is 0 Å². The number of benzene rings is 2. The van der Waals surface area contributed by atoms with E-state index in [1.165, 1.54) is 17.9 Å². The predicted molar refractivity (Wildman–Crippen MR) is 128 cm³/mol. The zero-order chi connectivity index (χ0) is 22.4. The minimum Gasteiger partial charge on any atom is -0.507 e. The van der Waals surface area contributed by atoms with Crippen molar-refractivity contribution in [1.29, 1.82) is 0 Å². The Morgan fingerprint density at radius 1 is 0.968 bits per heavy atom. The standard InChI is InChI=1S/C28H34O3/c1-5-21(17-22-9-7-6-8-10-22)15-20(4)16-24-12-11-23(19(2)3)18-25(24)27-26(29)13-14-31-28(27)30/h6-14,18-21,29H,5,15-17H2,1-4H3. The Morgan fingerprint density at radius 2 is 1.71 bits per heavy atom. The van der Waals surface area contributed by atoms with Crippen LogP contribution in [0.4, 0.5) is 0 Å². The molecule has 3 nitrogen and oxygen atoms in total. The Bertz CT molecular complexity index is 1030. The number of hydrogen-bond donors (Lipinski definition) is 1. The van der Waals surface area contributed by atoms with Gasteiger partial charge in [0.2, 0.25) is 0 Å². The molecule has 1 heterocycles. The van der Waals surface area contributed by atoms with E-state index in [0.29, 0.717) is 17.8 Å². The van der Waals surface area contributed by atoms with Crippen LogP contribution in [0.25, 0.3) is 11.1 Å². The molecule has 0 radical (unpaired) electrons. The summed E-state index contributed by atoms with van der Waals surface area (Å²) in [5, 5.41) is 10.4. The molecule has 0 fully saturated rings. The fourth-order valence-corrected chi connectivity index (χ4v) is 4.39. The van der Waals surface area contributed by atoms with Gasteiger partial charge in [0.05, 0.1) is 6.26 Å². The molecule has 1 aromatic heterocycles. The van der Waals surface area contributed by atoms with Crippen molar-refractivity contribution in [1.82, 2.24) is 0 Å². The maximum absolute atomic E-state index is 12.5. The summed E-state index contributed by atoms with van der Waals surface area (Å²) in [6, 6.07) is 18.4. The molecule has 0 bridgehead atoms. The molecule has 0 aliphatic rings. The van der Waals surface area contributed by atoms with Gasteiger partial charge in [-0.25, -0.2) is 4.79 Å². The van der Waals surface area contributed by atoms with Crippen LogP contribution in [0.3, 0.4) is 0 Å². The summed E-state index contributed by atoms with van der Waals surface area (Å²) < 4.78 is 5.09. The van der Waals surface area contributed by atoms with Crippen LogP contribution in [0.15, 0.2) is 70.1 Å². The first-order chi connectivity index (χ1) is 14.9. The maximum Gasteiger partial charge on any atom is 0.347 e. The van der Waals surface area contributed by atoms with Crippen LogP contribution < -0.4 is 5.63 Å². The third kappa shape index (κ3) is 5.88. The van der Waals surface area contributed by atoms with Gasteiger partial charge < -0.3 is 9.52 Å². The van der Waals surface area contributed by atoms with Crippen LogP contribution in [0.1, 0.15) is 63.1 Å². The smallest absolute Gasteiger partial charge is 0.347 e. The van der Waals surface area contributed by atoms with Gasteiger partial charge >= 0.3 is 5.63 Å². The van der Waals surface area contributed by atoms with Crippen molar-refractivity contribution in [3.8, 4) is 16.9 Å². The van der Waals surface area contributed by atoms with Crippen molar-refractivity contribution in [3.63, 3.8) is 0 Å². The molecule has 2 aromatic carbocycles. The average molecular weight is 419 g/mol. The maximum atomic E-state index is 12.5. The van der Waals surface area contributed by atoms with E-state index in [2.05, 4.69) is 70.2 Å². The SMILES string of the molecule is CCC(Cc1ccccc1)CC(C)Cc1ccc(C(C)C)cc1-c1c(O)ccoc1=O. The molecule has 31 heavy (non-hydrogen) atoms. The first-order valence-corrected chi connectivity index (χ1v) is 11.4. The fraction of sp³-hybridized carbons (Fsp3) is 0.393. The second kappa shape index (κ2) is 10.5. The van der Waals surface area contributed by atoms with Crippen LogP contribution in [-0.4, -0.2) is 5.11 Å². The van der Waals surface area contributed by atoms with Gasteiger partial charge in [-0.3, -0.25) is 0 Å². The van der Waals surface area contributed by atoms with E-state index in [1.54, 1.807) is 0 Å². The molecule has 1 N–H and O–H groups in total. The Hall–Kier alpha value is -2.81. The van der Waals surface area contributed by atoms with Gasteiger partial charge in [-0.1, -0.05) is 82.6 Å². The highest BCUT2D eigenvalue weighted by atomic mass is 16.4. The summed E-state index contributed by atoms with van der Waals surface area (Å²) >= 11 is 0. The van der Waals surface area contributed by atoms with E-state index in [9.17, 15) is 9.90 Å². The Labute approximate surface area is 185 Å². The van der Waals surface area contributed by atoms with E-state index in [0.717, 1.165) is 42.4 Å². The van der Waals surface area contributed by atoms with Crippen molar-refractivity contribution in [2.45, 2.75) is 59.3 Å². The van der Waals surface area contributed by atoms with Crippen LogP contribution in [0.5, 0.6) is 5.75 Å². The summed E-state index contributed by atoms with van der Waals surface area (Å²) in [5.41, 5.74) is 4.18. The molecule has 0 spiro atoms. The Morgan fingerprint density at radius 3 is 2.35 bits per heavy atom. The number of rotatable bonds is 9. The average Bonchev–Trinajstić information content (AvgIpc) is 2.74. The molecule has 3 aromatic rings. The molecule has 2 atom stereocenters. The van der Waals surface area contributed by atoms with E-state index >= 15 is 0 Å². The van der Waals surface area contributed by atoms with Crippen LogP contribution >= 0.6 is 0 Å². The topological polar surface area (TPSA) is 50.4 Å². The minimum atomic E-state index is -0.495. The molecule has 0 amide bonds. The molecule has 2 unspecified atom stereocenters. The van der Waals surface area contributed by atoms with Crippen LogP contribution in [0, 0.1) is 11.8 Å². The van der Waals surface area contributed by atoms with Crippen molar-refractivity contribution in [3.05, 3.63) is 88.0 Å². The van der Waals surface area contributed by atoms with E-state index < -0.39 is 5.63 Å². The van der Waals surface area contributed by atoms with Crippen molar-refractivity contribution in [2.75, 3.05) is 0 Å². The first kappa shape index (κ1) is 22.9. The highest BCUT2D eigenvalue weighted by Gasteiger charge is 2.19. The second-order valence-corrected chi connectivity index (χ2v) is 9.05. The lowest BCUT2D eigenvalue weighted by Crippen LogP contribution is -2.12. The second-order valence-electron chi connectivity index (χ2n) is 9.05. The quantitative estimate of drug-likeness (QED) is 0.408. The summed E-state index contributed by atoms with van der Waals surface area (Å²) in [4.78, 5) is 12.5. The normalized spacial score (nSPS) is 13.3. The van der Waals surface area contributed by atoms with Gasteiger partial charge in [-0.05, 0) is 59.3 Å². The van der Waals surface area contributed by atoms with Gasteiger partial charge in [0, 0.05) is 6.07 Å². The van der Waals surface area contributed by atoms with Gasteiger partial charge in [0.15, 0.2) is 0 Å². The van der Waals surface area contributed by atoms with E-state index in [4.69, 9.17) is 4.42 Å². The highest BCUT2D eigenvalue weighted by Crippen LogP contribution is 2.33. The van der Waals surface area contributed by atoms with E-state index in [1.807, 2.05) is 6.07 Å². The van der Waals surface area contributed by atoms with Gasteiger partial charge in [0.1, 0.15) is 11.3 Å². The molecule has 164 valence electrons. The van der Waals surface area contributed by atoms with Crippen molar-refractivity contribution in [2.24, 2.45) is 11.8 Å². The zero-order valence-corrected chi connectivity index (χ0v) is 19.1. The van der Waals surface area contributed by atoms with Gasteiger partial charge in [0.25, 0.3) is 0 Å². The van der Waals surface area contributed by atoms with Gasteiger partial charge in [-0.2, -0.15) is 0 Å². The molecule has 3 rings (SSSR count). The molecule has 0 aliphatic heterocycles. The molecule has 0 saturated carbocycles. The number of aromatic hydroxyl groups is 1. The number of hydrogen-bond acceptors (Lipinski definition) is 3. The third-order valence-corrected chi connectivity index (χ3v) is 6.18. The molecular weight excluding hydrogens is 384 g/mol. The Kier molecular flexibility index (Phi) is 7.73. The van der Waals surface area contributed by atoms with Crippen LogP contribution in [-0.2, 0) is 12.8 Å². The monoisotopic (exact) mass is 418 g/mol. The molecule has 3 heteroatoms. The molecular formula is C28H34O3. The lowest BCUT2D eigenvalue weighted by atomic mass is 9.83. The predicted octanol–water partition coefficient (Wildman–Crippen LogP) is 6.97. The fourth-order valence-electron chi connectivity index (χ4n) is 4.39. The summed E-state index contributed by atoms with van der Waals surface area (Å²) in [6.07, 6.45) is 5.44. The molecule has 0 aliphatic carbocycles. The summed E-state index contributed by atoms with van der Waals surface area (Å²) in [5.74, 6) is 1.38. The molecule has 0 saturated heterocycles. The summed E-state index contributed by atoms with van der Waals surface area (Å²) in [7, 11) is 0. The zero-order valence-electron chi connectivity index (χ0n) is 19.1. The lowest BCUT2D eigenvalue weighted by Gasteiger charge is -2.22. The summed E-state index contributed by atoms with van der Waals surface area (Å²) in [6.45, 7) is 8.80. The first-order valence-electron chi connectivity index (χ1n) is 11.4. The third-order valence-electron chi connectivity index (χ3n) is 6.18. The van der Waals surface area contributed by atoms with Gasteiger partial charge in [-0.15, -0.1) is 0 Å². The minimum absolute atomic E-state index is 0.0263. The van der Waals surface area contributed by atoms with Crippen LogP contribution in [0.2, 0.25) is 0 Å². The van der Waals surface area contributed by atoms with E-state index in [-0.39, 0.29) is 11.3 Å². The Balaban J connectivity index is 1.85. The van der Waals surface area contributed by atoms with Crippen molar-refractivity contribution < 1.29 is 9.52 Å². The lowest BCUT2D eigenvalue weighted by molar-refractivity contribution is 0.376. The largest absolute Gasteiger partial charge is 0.507 e.